The highest BCUT2D eigenvalue weighted by molar-refractivity contribution is 9.10. The number of carbonyl (C=O) groups excluding carboxylic acids is 1. The summed E-state index contributed by atoms with van der Waals surface area (Å²) in [7, 11) is 1.59. The molecule has 0 heterocycles. The van der Waals surface area contributed by atoms with Gasteiger partial charge in [-0.25, -0.2) is 0 Å². The van der Waals surface area contributed by atoms with Gasteiger partial charge in [-0.15, -0.1) is 0 Å². The molecule has 19 heavy (non-hydrogen) atoms. The van der Waals surface area contributed by atoms with E-state index in [2.05, 4.69) is 32.6 Å². The first-order chi connectivity index (χ1) is 9.17. The first kappa shape index (κ1) is 15.5. The Morgan fingerprint density at radius 3 is 2.89 bits per heavy atom. The van der Waals surface area contributed by atoms with E-state index in [1.165, 1.54) is 0 Å². The predicted molar refractivity (Wildman–Crippen MR) is 76.8 cm³/mol. The number of anilines is 1. The summed E-state index contributed by atoms with van der Waals surface area (Å²) in [5.74, 6) is -0.0192. The van der Waals surface area contributed by atoms with Crippen molar-refractivity contribution in [1.29, 1.82) is 5.26 Å². The number of halogens is 1. The Bertz CT molecular complexity index is 471. The average molecular weight is 326 g/mol. The molecule has 0 radical (unpaired) electrons. The molecule has 1 amide bonds. The van der Waals surface area contributed by atoms with Gasteiger partial charge in [0, 0.05) is 36.8 Å². The van der Waals surface area contributed by atoms with Crippen molar-refractivity contribution in [2.45, 2.75) is 6.42 Å². The summed E-state index contributed by atoms with van der Waals surface area (Å²) in [5, 5.41) is 14.6. The minimum atomic E-state index is -0.0192. The lowest BCUT2D eigenvalue weighted by Crippen LogP contribution is -2.28. The quantitative estimate of drug-likeness (QED) is 0.751. The molecule has 1 rings (SSSR count). The summed E-state index contributed by atoms with van der Waals surface area (Å²) in [6.07, 6.45) is 0.385. The van der Waals surface area contributed by atoms with E-state index in [0.29, 0.717) is 31.7 Å². The number of carbonyl (C=O) groups is 1. The maximum Gasteiger partial charge on any atom is 0.221 e. The van der Waals surface area contributed by atoms with Crippen molar-refractivity contribution in [2.75, 3.05) is 32.1 Å². The van der Waals surface area contributed by atoms with Gasteiger partial charge in [0.1, 0.15) is 0 Å². The third-order valence-corrected chi connectivity index (χ3v) is 3.05. The fourth-order valence-corrected chi connectivity index (χ4v) is 1.94. The highest BCUT2D eigenvalue weighted by atomic mass is 79.9. The van der Waals surface area contributed by atoms with Crippen molar-refractivity contribution in [2.24, 2.45) is 0 Å². The van der Waals surface area contributed by atoms with Crippen LogP contribution in [0, 0.1) is 11.3 Å². The Kier molecular flexibility index (Phi) is 6.93. The van der Waals surface area contributed by atoms with E-state index in [4.69, 9.17) is 10.00 Å². The van der Waals surface area contributed by atoms with Gasteiger partial charge in [0.05, 0.1) is 18.2 Å². The lowest BCUT2D eigenvalue weighted by molar-refractivity contribution is -0.121. The zero-order chi connectivity index (χ0) is 14.1. The Morgan fingerprint density at radius 2 is 2.26 bits per heavy atom. The number of methoxy groups -OCH3 is 1. The SMILES string of the molecule is COCCNC(=O)CCNc1ccc(C#N)cc1Br. The molecule has 0 unspecified atom stereocenters. The standard InChI is InChI=1S/C13H16BrN3O2/c1-19-7-6-17-13(18)4-5-16-12-3-2-10(9-15)8-11(12)14/h2-3,8,16H,4-7H2,1H3,(H,17,18). The van der Waals surface area contributed by atoms with Crippen molar-refractivity contribution >= 4 is 27.5 Å². The lowest BCUT2D eigenvalue weighted by Gasteiger charge is -2.09. The third kappa shape index (κ3) is 5.73. The molecule has 1 aromatic rings. The second kappa shape index (κ2) is 8.51. The van der Waals surface area contributed by atoms with Gasteiger partial charge < -0.3 is 15.4 Å². The molecule has 0 aliphatic rings. The molecule has 0 saturated carbocycles. The van der Waals surface area contributed by atoms with Gasteiger partial charge in [0.2, 0.25) is 5.91 Å². The highest BCUT2D eigenvalue weighted by Crippen LogP contribution is 2.23. The van der Waals surface area contributed by atoms with Crippen molar-refractivity contribution < 1.29 is 9.53 Å². The fourth-order valence-electron chi connectivity index (χ4n) is 1.42. The van der Waals surface area contributed by atoms with E-state index >= 15 is 0 Å². The van der Waals surface area contributed by atoms with Gasteiger partial charge in [0.15, 0.2) is 0 Å². The molecule has 0 aromatic heterocycles. The first-order valence-corrected chi connectivity index (χ1v) is 6.66. The monoisotopic (exact) mass is 325 g/mol. The van der Waals surface area contributed by atoms with Crippen LogP contribution >= 0.6 is 15.9 Å². The van der Waals surface area contributed by atoms with E-state index < -0.39 is 0 Å². The Labute approximate surface area is 121 Å². The molecule has 0 fully saturated rings. The molecule has 102 valence electrons. The normalized spacial score (nSPS) is 9.74. The maximum atomic E-state index is 11.4. The molecule has 0 saturated heterocycles. The van der Waals surface area contributed by atoms with Crippen molar-refractivity contribution in [3.8, 4) is 6.07 Å². The molecule has 0 aliphatic carbocycles. The Morgan fingerprint density at radius 1 is 1.47 bits per heavy atom. The number of rotatable bonds is 7. The van der Waals surface area contributed by atoms with E-state index in [1.54, 1.807) is 19.2 Å². The number of hydrogen-bond donors (Lipinski definition) is 2. The number of nitrogens with zero attached hydrogens (tertiary/aromatic N) is 1. The zero-order valence-electron chi connectivity index (χ0n) is 10.7. The molecular weight excluding hydrogens is 310 g/mol. The zero-order valence-corrected chi connectivity index (χ0v) is 12.3. The van der Waals surface area contributed by atoms with Crippen LogP contribution < -0.4 is 10.6 Å². The molecular formula is C13H16BrN3O2. The van der Waals surface area contributed by atoms with Gasteiger partial charge >= 0.3 is 0 Å². The number of benzene rings is 1. The minimum absolute atomic E-state index is 0.0192. The summed E-state index contributed by atoms with van der Waals surface area (Å²) in [6.45, 7) is 1.57. The van der Waals surface area contributed by atoms with E-state index in [9.17, 15) is 4.79 Å². The molecule has 2 N–H and O–H groups in total. The van der Waals surface area contributed by atoms with Gasteiger partial charge in [0.25, 0.3) is 0 Å². The molecule has 0 aliphatic heterocycles. The molecule has 0 bridgehead atoms. The smallest absolute Gasteiger partial charge is 0.221 e. The molecule has 1 aromatic carbocycles. The van der Waals surface area contributed by atoms with E-state index in [-0.39, 0.29) is 5.91 Å². The molecule has 0 spiro atoms. The molecule has 6 heteroatoms. The van der Waals surface area contributed by atoms with E-state index in [0.717, 1.165) is 10.2 Å². The summed E-state index contributed by atoms with van der Waals surface area (Å²) in [4.78, 5) is 11.4. The lowest BCUT2D eigenvalue weighted by atomic mass is 10.2. The van der Waals surface area contributed by atoms with Crippen LogP contribution in [0.3, 0.4) is 0 Å². The Balaban J connectivity index is 2.33. The fraction of sp³-hybridized carbons (Fsp3) is 0.385. The number of ether oxygens (including phenoxy) is 1. The van der Waals surface area contributed by atoms with Gasteiger partial charge in [-0.2, -0.15) is 5.26 Å². The number of nitriles is 1. The second-order valence-corrected chi connectivity index (χ2v) is 4.68. The highest BCUT2D eigenvalue weighted by Gasteiger charge is 2.03. The van der Waals surface area contributed by atoms with E-state index in [1.807, 2.05) is 6.07 Å². The van der Waals surface area contributed by atoms with Crippen LogP contribution in [0.15, 0.2) is 22.7 Å². The van der Waals surface area contributed by atoms with Crippen LogP contribution in [0.1, 0.15) is 12.0 Å². The van der Waals surface area contributed by atoms with Crippen LogP contribution in [0.25, 0.3) is 0 Å². The summed E-state index contributed by atoms with van der Waals surface area (Å²) >= 11 is 3.38. The van der Waals surface area contributed by atoms with Crippen molar-refractivity contribution in [3.05, 3.63) is 28.2 Å². The van der Waals surface area contributed by atoms with Crippen LogP contribution in [-0.4, -0.2) is 32.7 Å². The Hall–Kier alpha value is -1.58. The first-order valence-electron chi connectivity index (χ1n) is 5.86. The summed E-state index contributed by atoms with van der Waals surface area (Å²) < 4.78 is 5.65. The molecule has 5 nitrogen and oxygen atoms in total. The van der Waals surface area contributed by atoms with Crippen LogP contribution in [-0.2, 0) is 9.53 Å². The topological polar surface area (TPSA) is 74.2 Å². The van der Waals surface area contributed by atoms with Crippen molar-refractivity contribution in [1.82, 2.24) is 5.32 Å². The van der Waals surface area contributed by atoms with Crippen LogP contribution in [0.5, 0.6) is 0 Å². The molecule has 0 atom stereocenters. The predicted octanol–water partition coefficient (Wildman–Crippen LogP) is 1.89. The average Bonchev–Trinajstić information content (AvgIpc) is 2.41. The van der Waals surface area contributed by atoms with Crippen LogP contribution in [0.2, 0.25) is 0 Å². The van der Waals surface area contributed by atoms with Gasteiger partial charge in [-0.3, -0.25) is 4.79 Å². The maximum absolute atomic E-state index is 11.4. The number of nitrogens with one attached hydrogen (secondary N) is 2. The summed E-state index contributed by atoms with van der Waals surface area (Å²) in [5.41, 5.74) is 1.46. The van der Waals surface area contributed by atoms with Crippen molar-refractivity contribution in [3.63, 3.8) is 0 Å². The van der Waals surface area contributed by atoms with Gasteiger partial charge in [-0.05, 0) is 34.1 Å². The van der Waals surface area contributed by atoms with Crippen LogP contribution in [0.4, 0.5) is 5.69 Å². The number of amides is 1. The number of hydrogen-bond acceptors (Lipinski definition) is 4. The van der Waals surface area contributed by atoms with Gasteiger partial charge in [-0.1, -0.05) is 0 Å². The summed E-state index contributed by atoms with van der Waals surface area (Å²) in [6, 6.07) is 7.34. The largest absolute Gasteiger partial charge is 0.384 e. The minimum Gasteiger partial charge on any atom is -0.384 e. The second-order valence-electron chi connectivity index (χ2n) is 3.83. The third-order valence-electron chi connectivity index (χ3n) is 2.39.